The van der Waals surface area contributed by atoms with Gasteiger partial charge >= 0.3 is 0 Å². The summed E-state index contributed by atoms with van der Waals surface area (Å²) in [5.41, 5.74) is 1.70. The highest BCUT2D eigenvalue weighted by Crippen LogP contribution is 2.23. The SMILES string of the molecule is O=C(Nc1ncccc1OCc1ccncc1)c1nn(Cc2ccccc2)c(=O)c2ccccc12. The zero-order valence-corrected chi connectivity index (χ0v) is 18.7. The fourth-order valence-corrected chi connectivity index (χ4v) is 3.67. The van der Waals surface area contributed by atoms with E-state index in [0.717, 1.165) is 11.1 Å². The summed E-state index contributed by atoms with van der Waals surface area (Å²) in [6.45, 7) is 0.537. The van der Waals surface area contributed by atoms with E-state index in [-0.39, 0.29) is 23.6 Å². The van der Waals surface area contributed by atoms with Gasteiger partial charge in [0, 0.05) is 24.0 Å². The fraction of sp³-hybridized carbons (Fsp3) is 0.0741. The summed E-state index contributed by atoms with van der Waals surface area (Å²) in [5, 5.41) is 8.11. The van der Waals surface area contributed by atoms with Crippen molar-refractivity contribution >= 4 is 22.5 Å². The van der Waals surface area contributed by atoms with E-state index in [0.29, 0.717) is 23.1 Å². The molecule has 35 heavy (non-hydrogen) atoms. The van der Waals surface area contributed by atoms with Gasteiger partial charge in [-0.25, -0.2) is 9.67 Å². The molecule has 3 aromatic heterocycles. The van der Waals surface area contributed by atoms with Crippen LogP contribution in [-0.4, -0.2) is 25.7 Å². The van der Waals surface area contributed by atoms with Gasteiger partial charge in [-0.3, -0.25) is 14.6 Å². The van der Waals surface area contributed by atoms with Gasteiger partial charge in [0.05, 0.1) is 11.9 Å². The summed E-state index contributed by atoms with van der Waals surface area (Å²) in [5.74, 6) is 0.188. The first kappa shape index (κ1) is 22.0. The number of hydrogen-bond donors (Lipinski definition) is 1. The maximum absolute atomic E-state index is 13.4. The van der Waals surface area contributed by atoms with Crippen LogP contribution in [0.4, 0.5) is 5.82 Å². The van der Waals surface area contributed by atoms with Crippen molar-refractivity contribution in [2.45, 2.75) is 13.2 Å². The van der Waals surface area contributed by atoms with Gasteiger partial charge in [-0.2, -0.15) is 5.10 Å². The molecule has 0 atom stereocenters. The molecule has 0 saturated carbocycles. The van der Waals surface area contributed by atoms with Crippen molar-refractivity contribution in [2.75, 3.05) is 5.32 Å². The Morgan fingerprint density at radius 1 is 0.829 bits per heavy atom. The van der Waals surface area contributed by atoms with Crippen molar-refractivity contribution in [1.82, 2.24) is 19.7 Å². The fourth-order valence-electron chi connectivity index (χ4n) is 3.67. The summed E-state index contributed by atoms with van der Waals surface area (Å²) < 4.78 is 7.20. The van der Waals surface area contributed by atoms with Crippen LogP contribution in [-0.2, 0) is 13.2 Å². The van der Waals surface area contributed by atoms with Crippen LogP contribution in [0.15, 0.2) is 102 Å². The molecule has 1 amide bonds. The minimum Gasteiger partial charge on any atom is -0.485 e. The molecule has 1 N–H and O–H groups in total. The molecule has 0 aliphatic carbocycles. The zero-order chi connectivity index (χ0) is 24.0. The van der Waals surface area contributed by atoms with Crippen LogP contribution < -0.4 is 15.6 Å². The van der Waals surface area contributed by atoms with E-state index >= 15 is 0 Å². The molecule has 5 aromatic rings. The summed E-state index contributed by atoms with van der Waals surface area (Å²) in [4.78, 5) is 34.7. The standard InChI is InChI=1S/C27H21N5O3/c33-26(30-25-23(11-6-14-29-25)35-18-20-12-15-28-16-13-20)24-21-9-4-5-10-22(21)27(34)32(31-24)17-19-7-2-1-3-8-19/h1-16H,17-18H2,(H,29,30,33). The van der Waals surface area contributed by atoms with Crippen LogP contribution in [0.5, 0.6) is 5.75 Å². The minimum atomic E-state index is -0.490. The molecule has 0 fully saturated rings. The molecule has 8 heteroatoms. The van der Waals surface area contributed by atoms with Crippen LogP contribution >= 0.6 is 0 Å². The van der Waals surface area contributed by atoms with Crippen molar-refractivity contribution in [2.24, 2.45) is 0 Å². The molecule has 0 spiro atoms. The Bertz CT molecular complexity index is 1540. The Labute approximate surface area is 200 Å². The quantitative estimate of drug-likeness (QED) is 0.391. The number of rotatable bonds is 7. The van der Waals surface area contributed by atoms with E-state index in [9.17, 15) is 9.59 Å². The third-order valence-corrected chi connectivity index (χ3v) is 5.40. The topological polar surface area (TPSA) is 99.0 Å². The maximum Gasteiger partial charge on any atom is 0.278 e. The van der Waals surface area contributed by atoms with Gasteiger partial charge in [0.25, 0.3) is 11.5 Å². The van der Waals surface area contributed by atoms with Gasteiger partial charge in [-0.1, -0.05) is 48.5 Å². The third-order valence-electron chi connectivity index (χ3n) is 5.40. The Hall–Kier alpha value is -4.85. The van der Waals surface area contributed by atoms with E-state index in [1.54, 1.807) is 55.0 Å². The predicted molar refractivity (Wildman–Crippen MR) is 132 cm³/mol. The Kier molecular flexibility index (Phi) is 6.25. The number of amides is 1. The molecule has 3 heterocycles. The van der Waals surface area contributed by atoms with Crippen molar-refractivity contribution in [1.29, 1.82) is 0 Å². The summed E-state index contributed by atoms with van der Waals surface area (Å²) in [6.07, 6.45) is 4.94. The number of fused-ring (bicyclic) bond motifs is 1. The second-order valence-electron chi connectivity index (χ2n) is 7.79. The Morgan fingerprint density at radius 2 is 1.57 bits per heavy atom. The minimum absolute atomic E-state index is 0.127. The highest BCUT2D eigenvalue weighted by atomic mass is 16.5. The normalized spacial score (nSPS) is 10.7. The zero-order valence-electron chi connectivity index (χ0n) is 18.7. The van der Waals surface area contributed by atoms with Gasteiger partial charge in [0.15, 0.2) is 17.3 Å². The molecule has 5 rings (SSSR count). The molecule has 0 unspecified atom stereocenters. The van der Waals surface area contributed by atoms with Crippen molar-refractivity contribution in [3.63, 3.8) is 0 Å². The molecule has 172 valence electrons. The van der Waals surface area contributed by atoms with Gasteiger partial charge < -0.3 is 10.1 Å². The number of hydrogen-bond acceptors (Lipinski definition) is 6. The van der Waals surface area contributed by atoms with Gasteiger partial charge in [-0.05, 0) is 41.5 Å². The maximum atomic E-state index is 13.4. The largest absolute Gasteiger partial charge is 0.485 e. The molecular formula is C27H21N5O3. The lowest BCUT2D eigenvalue weighted by Gasteiger charge is -2.13. The molecule has 0 saturated heterocycles. The van der Waals surface area contributed by atoms with Crippen molar-refractivity contribution < 1.29 is 9.53 Å². The number of pyridine rings is 2. The molecule has 0 bridgehead atoms. The van der Waals surface area contributed by atoms with Crippen molar-refractivity contribution in [3.05, 3.63) is 125 Å². The first-order chi connectivity index (χ1) is 17.2. The van der Waals surface area contributed by atoms with Crippen LogP contribution in [0.3, 0.4) is 0 Å². The molecule has 2 aromatic carbocycles. The molecule has 8 nitrogen and oxygen atoms in total. The van der Waals surface area contributed by atoms with Crippen LogP contribution in [0.25, 0.3) is 10.8 Å². The molecule has 0 aliphatic rings. The monoisotopic (exact) mass is 463 g/mol. The molecule has 0 aliphatic heterocycles. The molecule has 0 radical (unpaired) electrons. The van der Waals surface area contributed by atoms with E-state index in [4.69, 9.17) is 4.74 Å². The second kappa shape index (κ2) is 9.96. The second-order valence-corrected chi connectivity index (χ2v) is 7.79. The van der Waals surface area contributed by atoms with E-state index in [1.165, 1.54) is 4.68 Å². The third kappa shape index (κ3) is 4.91. The number of nitrogens with zero attached hydrogens (tertiary/aromatic N) is 4. The summed E-state index contributed by atoms with van der Waals surface area (Å²) in [6, 6.07) is 23.6. The van der Waals surface area contributed by atoms with Crippen LogP contribution in [0.2, 0.25) is 0 Å². The average molecular weight is 463 g/mol. The first-order valence-corrected chi connectivity index (χ1v) is 11.0. The number of benzene rings is 2. The Balaban J connectivity index is 1.46. The van der Waals surface area contributed by atoms with Gasteiger partial charge in [0.2, 0.25) is 0 Å². The number of carbonyl (C=O) groups is 1. The number of carbonyl (C=O) groups excluding carboxylic acids is 1. The Morgan fingerprint density at radius 3 is 2.37 bits per heavy atom. The van der Waals surface area contributed by atoms with E-state index in [2.05, 4.69) is 20.4 Å². The number of nitrogens with one attached hydrogen (secondary N) is 1. The smallest absolute Gasteiger partial charge is 0.278 e. The van der Waals surface area contributed by atoms with Gasteiger partial charge in [0.1, 0.15) is 6.61 Å². The van der Waals surface area contributed by atoms with Crippen LogP contribution in [0, 0.1) is 0 Å². The lowest BCUT2D eigenvalue weighted by molar-refractivity contribution is 0.102. The average Bonchev–Trinajstić information content (AvgIpc) is 2.91. The lowest BCUT2D eigenvalue weighted by atomic mass is 10.1. The van der Waals surface area contributed by atoms with Crippen molar-refractivity contribution in [3.8, 4) is 5.75 Å². The predicted octanol–water partition coefficient (Wildman–Crippen LogP) is 4.07. The first-order valence-electron chi connectivity index (χ1n) is 11.0. The molecular weight excluding hydrogens is 442 g/mol. The van der Waals surface area contributed by atoms with E-state index < -0.39 is 5.91 Å². The van der Waals surface area contributed by atoms with E-state index in [1.807, 2.05) is 42.5 Å². The number of aromatic nitrogens is 4. The number of anilines is 1. The highest BCUT2D eigenvalue weighted by molar-refractivity contribution is 6.11. The summed E-state index contributed by atoms with van der Waals surface area (Å²) >= 11 is 0. The number of ether oxygens (including phenoxy) is 1. The lowest BCUT2D eigenvalue weighted by Crippen LogP contribution is -2.28. The van der Waals surface area contributed by atoms with Gasteiger partial charge in [-0.15, -0.1) is 0 Å². The summed E-state index contributed by atoms with van der Waals surface area (Å²) in [7, 11) is 0. The van der Waals surface area contributed by atoms with Crippen LogP contribution in [0.1, 0.15) is 21.6 Å². The highest BCUT2D eigenvalue weighted by Gasteiger charge is 2.19.